The quantitative estimate of drug-likeness (QED) is 0.409. The second-order valence-electron chi connectivity index (χ2n) is 8.53. The summed E-state index contributed by atoms with van der Waals surface area (Å²) in [5, 5.41) is 10.9. The molecule has 1 unspecified atom stereocenters. The Morgan fingerprint density at radius 1 is 1.12 bits per heavy atom. The summed E-state index contributed by atoms with van der Waals surface area (Å²) < 4.78 is 11.2. The highest BCUT2D eigenvalue weighted by molar-refractivity contribution is 5.79. The maximum absolute atomic E-state index is 5.68. The molecule has 0 aromatic heterocycles. The first-order valence-electron chi connectivity index (χ1n) is 11.6. The number of hydrogen-bond acceptors (Lipinski definition) is 4. The lowest BCUT2D eigenvalue weighted by molar-refractivity contribution is 0.0355. The van der Waals surface area contributed by atoms with E-state index in [4.69, 9.17) is 14.5 Å². The fourth-order valence-electron chi connectivity index (χ4n) is 4.16. The summed E-state index contributed by atoms with van der Waals surface area (Å²) in [6, 6.07) is 17.1. The molecular weight excluding hydrogens is 400 g/mol. The minimum atomic E-state index is -0.0503. The van der Waals surface area contributed by atoms with Crippen LogP contribution in [-0.2, 0) is 11.3 Å². The molecule has 1 fully saturated rings. The van der Waals surface area contributed by atoms with E-state index < -0.39 is 0 Å². The first-order chi connectivity index (χ1) is 15.5. The normalized spacial score (nSPS) is 16.9. The van der Waals surface area contributed by atoms with Gasteiger partial charge in [-0.05, 0) is 50.8 Å². The third-order valence-corrected chi connectivity index (χ3v) is 6.06. The summed E-state index contributed by atoms with van der Waals surface area (Å²) in [5.74, 6) is 1.69. The zero-order chi connectivity index (χ0) is 22.8. The standard InChI is InChI=1S/C26H38N4O2/c1-5-27-25(28-18-23-12-11-20(2)17-24(23)31-4)29-19-26(13-15-32-16-14-26)30-21(3)22-9-7-6-8-10-22/h6-12,17,21,30H,5,13-16,18-19H2,1-4H3,(H2,27,28,29). The topological polar surface area (TPSA) is 66.9 Å². The molecule has 1 atom stereocenters. The van der Waals surface area contributed by atoms with Gasteiger partial charge in [-0.15, -0.1) is 0 Å². The molecule has 1 heterocycles. The van der Waals surface area contributed by atoms with Gasteiger partial charge in [0.05, 0.1) is 13.7 Å². The second-order valence-corrected chi connectivity index (χ2v) is 8.53. The van der Waals surface area contributed by atoms with Gasteiger partial charge in [0, 0.05) is 43.4 Å². The number of guanidine groups is 1. The lowest BCUT2D eigenvalue weighted by Gasteiger charge is -2.41. The third kappa shape index (κ3) is 6.71. The molecule has 0 bridgehead atoms. The monoisotopic (exact) mass is 438 g/mol. The van der Waals surface area contributed by atoms with Gasteiger partial charge >= 0.3 is 0 Å². The molecule has 0 spiro atoms. The van der Waals surface area contributed by atoms with E-state index in [9.17, 15) is 0 Å². The van der Waals surface area contributed by atoms with Crippen LogP contribution in [0.25, 0.3) is 0 Å². The van der Waals surface area contributed by atoms with E-state index in [0.717, 1.165) is 56.4 Å². The van der Waals surface area contributed by atoms with Gasteiger partial charge in [0.15, 0.2) is 5.96 Å². The Labute approximate surface area is 192 Å². The lowest BCUT2D eigenvalue weighted by atomic mass is 9.88. The second kappa shape index (κ2) is 11.9. The van der Waals surface area contributed by atoms with Crippen LogP contribution in [-0.4, -0.2) is 44.9 Å². The van der Waals surface area contributed by atoms with Gasteiger partial charge in [-0.3, -0.25) is 0 Å². The first kappa shape index (κ1) is 24.1. The van der Waals surface area contributed by atoms with Crippen molar-refractivity contribution < 1.29 is 9.47 Å². The van der Waals surface area contributed by atoms with Crippen molar-refractivity contribution in [2.45, 2.75) is 51.7 Å². The lowest BCUT2D eigenvalue weighted by Crippen LogP contribution is -2.58. The van der Waals surface area contributed by atoms with Crippen molar-refractivity contribution in [3.8, 4) is 5.75 Å². The first-order valence-corrected chi connectivity index (χ1v) is 11.6. The molecular formula is C26H38N4O2. The van der Waals surface area contributed by atoms with Crippen LogP contribution in [0.4, 0.5) is 0 Å². The summed E-state index contributed by atoms with van der Waals surface area (Å²) in [6.07, 6.45) is 1.92. The molecule has 6 nitrogen and oxygen atoms in total. The number of nitrogens with zero attached hydrogens (tertiary/aromatic N) is 1. The van der Waals surface area contributed by atoms with E-state index in [1.165, 1.54) is 11.1 Å². The minimum Gasteiger partial charge on any atom is -0.496 e. The number of benzene rings is 2. The molecule has 3 N–H and O–H groups in total. The molecule has 6 heteroatoms. The van der Waals surface area contributed by atoms with Gasteiger partial charge in [0.25, 0.3) is 0 Å². The molecule has 32 heavy (non-hydrogen) atoms. The van der Waals surface area contributed by atoms with Crippen molar-refractivity contribution >= 4 is 5.96 Å². The number of aryl methyl sites for hydroxylation is 1. The highest BCUT2D eigenvalue weighted by Crippen LogP contribution is 2.25. The van der Waals surface area contributed by atoms with E-state index >= 15 is 0 Å². The number of methoxy groups -OCH3 is 1. The van der Waals surface area contributed by atoms with Crippen molar-refractivity contribution in [2.24, 2.45) is 4.99 Å². The number of aliphatic imine (C=N–C) groups is 1. The van der Waals surface area contributed by atoms with Crippen LogP contribution in [0.5, 0.6) is 5.75 Å². The molecule has 1 saturated heterocycles. The van der Waals surface area contributed by atoms with Gasteiger partial charge in [-0.1, -0.05) is 42.5 Å². The Hall–Kier alpha value is -2.57. The van der Waals surface area contributed by atoms with Crippen LogP contribution in [0.1, 0.15) is 49.4 Å². The molecule has 0 radical (unpaired) electrons. The zero-order valence-corrected chi connectivity index (χ0v) is 19.9. The van der Waals surface area contributed by atoms with E-state index in [1.54, 1.807) is 7.11 Å². The number of rotatable bonds is 9. The molecule has 1 aliphatic heterocycles. The van der Waals surface area contributed by atoms with Crippen molar-refractivity contribution in [1.29, 1.82) is 0 Å². The Morgan fingerprint density at radius 3 is 2.56 bits per heavy atom. The van der Waals surface area contributed by atoms with Crippen molar-refractivity contribution in [3.05, 3.63) is 65.2 Å². The van der Waals surface area contributed by atoms with Gasteiger partial charge in [0.2, 0.25) is 0 Å². The number of nitrogens with one attached hydrogen (secondary N) is 3. The smallest absolute Gasteiger partial charge is 0.191 e. The summed E-state index contributed by atoms with van der Waals surface area (Å²) in [6.45, 7) is 10.1. The predicted octanol–water partition coefficient (Wildman–Crippen LogP) is 3.96. The van der Waals surface area contributed by atoms with Gasteiger partial charge < -0.3 is 25.4 Å². The average Bonchev–Trinajstić information content (AvgIpc) is 2.82. The van der Waals surface area contributed by atoms with Crippen molar-refractivity contribution in [1.82, 2.24) is 16.0 Å². The maximum atomic E-state index is 5.68. The van der Waals surface area contributed by atoms with Crippen LogP contribution in [0.3, 0.4) is 0 Å². The van der Waals surface area contributed by atoms with Crippen LogP contribution < -0.4 is 20.7 Å². The zero-order valence-electron chi connectivity index (χ0n) is 19.9. The highest BCUT2D eigenvalue weighted by Gasteiger charge is 2.34. The molecule has 0 aliphatic carbocycles. The Kier molecular flexibility index (Phi) is 8.94. The predicted molar refractivity (Wildman–Crippen MR) is 131 cm³/mol. The van der Waals surface area contributed by atoms with Gasteiger partial charge in [-0.2, -0.15) is 0 Å². The Bertz CT molecular complexity index is 863. The SMILES string of the molecule is CCNC(=NCc1ccc(C)cc1OC)NCC1(NC(C)c2ccccc2)CCOCC1. The van der Waals surface area contributed by atoms with E-state index in [2.05, 4.69) is 85.3 Å². The van der Waals surface area contributed by atoms with Crippen molar-refractivity contribution in [3.63, 3.8) is 0 Å². The molecule has 174 valence electrons. The largest absolute Gasteiger partial charge is 0.496 e. The van der Waals surface area contributed by atoms with Gasteiger partial charge in [0.1, 0.15) is 5.75 Å². The van der Waals surface area contributed by atoms with Crippen LogP contribution in [0.2, 0.25) is 0 Å². The summed E-state index contributed by atoms with van der Waals surface area (Å²) in [5.41, 5.74) is 3.50. The summed E-state index contributed by atoms with van der Waals surface area (Å²) in [7, 11) is 1.71. The van der Waals surface area contributed by atoms with Crippen LogP contribution in [0, 0.1) is 6.92 Å². The molecule has 3 rings (SSSR count). The fourth-order valence-corrected chi connectivity index (χ4v) is 4.16. The molecule has 0 saturated carbocycles. The highest BCUT2D eigenvalue weighted by atomic mass is 16.5. The summed E-state index contributed by atoms with van der Waals surface area (Å²) in [4.78, 5) is 4.83. The van der Waals surface area contributed by atoms with Crippen LogP contribution in [0.15, 0.2) is 53.5 Å². The van der Waals surface area contributed by atoms with Crippen LogP contribution >= 0.6 is 0 Å². The average molecular weight is 439 g/mol. The Morgan fingerprint density at radius 2 is 1.88 bits per heavy atom. The molecule has 0 amide bonds. The minimum absolute atomic E-state index is 0.0503. The number of hydrogen-bond donors (Lipinski definition) is 3. The number of ether oxygens (including phenoxy) is 2. The van der Waals surface area contributed by atoms with E-state index in [1.807, 2.05) is 0 Å². The summed E-state index contributed by atoms with van der Waals surface area (Å²) >= 11 is 0. The fraction of sp³-hybridized carbons (Fsp3) is 0.500. The Balaban J connectivity index is 1.70. The molecule has 2 aromatic carbocycles. The molecule has 2 aromatic rings. The van der Waals surface area contributed by atoms with E-state index in [0.29, 0.717) is 6.54 Å². The molecule has 1 aliphatic rings. The third-order valence-electron chi connectivity index (χ3n) is 6.06. The van der Waals surface area contributed by atoms with Gasteiger partial charge in [-0.25, -0.2) is 4.99 Å². The van der Waals surface area contributed by atoms with Crippen molar-refractivity contribution in [2.75, 3.05) is 33.4 Å². The van der Waals surface area contributed by atoms with E-state index in [-0.39, 0.29) is 11.6 Å². The maximum Gasteiger partial charge on any atom is 0.191 e.